The van der Waals surface area contributed by atoms with Crippen molar-refractivity contribution in [3.05, 3.63) is 36.3 Å². The first-order chi connectivity index (χ1) is 8.81. The number of anilines is 1. The van der Waals surface area contributed by atoms with Crippen LogP contribution in [0.25, 0.3) is 0 Å². The van der Waals surface area contributed by atoms with Crippen LogP contribution in [0.1, 0.15) is 18.9 Å². The maximum atomic E-state index is 4.39. The van der Waals surface area contributed by atoms with Crippen molar-refractivity contribution in [2.24, 2.45) is 7.05 Å². The number of rotatable bonds is 6. The lowest BCUT2D eigenvalue weighted by atomic mass is 10.3. The van der Waals surface area contributed by atoms with Gasteiger partial charge in [0.25, 0.3) is 0 Å². The molecule has 0 unspecified atom stereocenters. The van der Waals surface area contributed by atoms with E-state index in [1.165, 1.54) is 5.56 Å². The van der Waals surface area contributed by atoms with Crippen molar-refractivity contribution >= 4 is 17.6 Å². The van der Waals surface area contributed by atoms with Crippen LogP contribution >= 0.6 is 11.8 Å². The molecule has 0 bridgehead atoms. The fraction of sp³-hybridized carbons (Fsp3) is 0.385. The molecule has 2 heterocycles. The molecule has 4 nitrogen and oxygen atoms in total. The Balaban J connectivity index is 2.02. The highest BCUT2D eigenvalue weighted by Gasteiger charge is 2.05. The quantitative estimate of drug-likeness (QED) is 0.813. The highest BCUT2D eigenvalue weighted by molar-refractivity contribution is 7.98. The smallest absolute Gasteiger partial charge is 0.167 e. The summed E-state index contributed by atoms with van der Waals surface area (Å²) in [6, 6.07) is 4.09. The number of nitrogens with zero attached hydrogens (tertiary/aromatic N) is 3. The Labute approximate surface area is 112 Å². The summed E-state index contributed by atoms with van der Waals surface area (Å²) >= 11 is 1.73. The number of hydrogen-bond donors (Lipinski definition) is 1. The number of imidazole rings is 1. The van der Waals surface area contributed by atoms with Gasteiger partial charge in [-0.1, -0.05) is 24.8 Å². The zero-order valence-corrected chi connectivity index (χ0v) is 11.6. The maximum absolute atomic E-state index is 4.39. The van der Waals surface area contributed by atoms with Crippen molar-refractivity contribution in [3.8, 4) is 0 Å². The molecule has 0 aliphatic heterocycles. The molecule has 0 saturated carbocycles. The van der Waals surface area contributed by atoms with Crippen LogP contribution in [0, 0.1) is 0 Å². The second-order valence-corrected chi connectivity index (χ2v) is 4.99. The van der Waals surface area contributed by atoms with E-state index in [1.807, 2.05) is 36.3 Å². The van der Waals surface area contributed by atoms with Crippen molar-refractivity contribution in [3.63, 3.8) is 0 Å². The maximum Gasteiger partial charge on any atom is 0.167 e. The van der Waals surface area contributed by atoms with Crippen molar-refractivity contribution in [1.82, 2.24) is 14.5 Å². The molecule has 0 fully saturated rings. The summed E-state index contributed by atoms with van der Waals surface area (Å²) in [5.74, 6) is 1.87. The van der Waals surface area contributed by atoms with Crippen LogP contribution in [0.15, 0.2) is 35.9 Å². The summed E-state index contributed by atoms with van der Waals surface area (Å²) in [7, 11) is 2.01. The summed E-state index contributed by atoms with van der Waals surface area (Å²) in [4.78, 5) is 8.69. The van der Waals surface area contributed by atoms with Gasteiger partial charge in [0.1, 0.15) is 5.82 Å². The van der Waals surface area contributed by atoms with Crippen LogP contribution in [0.5, 0.6) is 0 Å². The van der Waals surface area contributed by atoms with Crippen molar-refractivity contribution in [2.45, 2.75) is 24.3 Å². The van der Waals surface area contributed by atoms with Crippen LogP contribution in [-0.2, 0) is 12.8 Å². The third-order valence-electron chi connectivity index (χ3n) is 2.57. The Morgan fingerprint density at radius 3 is 2.94 bits per heavy atom. The molecule has 96 valence electrons. The summed E-state index contributed by atoms with van der Waals surface area (Å²) < 4.78 is 2.03. The molecule has 0 spiro atoms. The number of aryl methyl sites for hydroxylation is 1. The van der Waals surface area contributed by atoms with E-state index in [2.05, 4.69) is 28.3 Å². The van der Waals surface area contributed by atoms with Gasteiger partial charge in [0, 0.05) is 43.5 Å². The Bertz CT molecular complexity index is 495. The van der Waals surface area contributed by atoms with Gasteiger partial charge in [0.15, 0.2) is 5.16 Å². The molecule has 5 heteroatoms. The van der Waals surface area contributed by atoms with Gasteiger partial charge in [-0.15, -0.1) is 0 Å². The van der Waals surface area contributed by atoms with Crippen LogP contribution in [0.4, 0.5) is 5.82 Å². The van der Waals surface area contributed by atoms with E-state index in [4.69, 9.17) is 0 Å². The minimum atomic E-state index is 0.880. The topological polar surface area (TPSA) is 42.7 Å². The molecule has 2 rings (SSSR count). The van der Waals surface area contributed by atoms with Crippen LogP contribution in [0.2, 0.25) is 0 Å². The fourth-order valence-corrected chi connectivity index (χ4v) is 2.51. The summed E-state index contributed by atoms with van der Waals surface area (Å²) in [6.45, 7) is 3.11. The molecule has 0 saturated heterocycles. The first-order valence-corrected chi connectivity index (χ1v) is 7.07. The van der Waals surface area contributed by atoms with Crippen molar-refractivity contribution in [1.29, 1.82) is 0 Å². The van der Waals surface area contributed by atoms with Crippen molar-refractivity contribution < 1.29 is 0 Å². The molecular weight excluding hydrogens is 244 g/mol. The highest BCUT2D eigenvalue weighted by atomic mass is 32.2. The largest absolute Gasteiger partial charge is 0.370 e. The number of thioether (sulfide) groups is 1. The molecular formula is C13H18N4S. The first-order valence-electron chi connectivity index (χ1n) is 6.09. The van der Waals surface area contributed by atoms with Crippen LogP contribution < -0.4 is 5.32 Å². The number of pyridine rings is 1. The van der Waals surface area contributed by atoms with Gasteiger partial charge in [-0.3, -0.25) is 0 Å². The molecule has 2 aromatic rings. The second kappa shape index (κ2) is 6.44. The molecule has 0 radical (unpaired) electrons. The van der Waals surface area contributed by atoms with Crippen LogP contribution in [0.3, 0.4) is 0 Å². The van der Waals surface area contributed by atoms with Gasteiger partial charge >= 0.3 is 0 Å². The third kappa shape index (κ3) is 3.26. The van der Waals surface area contributed by atoms with E-state index >= 15 is 0 Å². The predicted octanol–water partition coefficient (Wildman–Crippen LogP) is 2.93. The lowest BCUT2D eigenvalue weighted by molar-refractivity contribution is 0.790. The van der Waals surface area contributed by atoms with Gasteiger partial charge in [-0.2, -0.15) is 0 Å². The standard InChI is InChI=1S/C13H18N4S/c1-3-6-14-12-11(5-4-7-15-12)10-18-13-16-8-9-17(13)2/h4-5,7-9H,3,6,10H2,1-2H3,(H,14,15). The Morgan fingerprint density at radius 1 is 1.33 bits per heavy atom. The van der Waals surface area contributed by atoms with E-state index < -0.39 is 0 Å². The van der Waals surface area contributed by atoms with Crippen LogP contribution in [-0.4, -0.2) is 21.1 Å². The Morgan fingerprint density at radius 2 is 2.22 bits per heavy atom. The van der Waals surface area contributed by atoms with E-state index in [9.17, 15) is 0 Å². The molecule has 0 aliphatic rings. The summed E-state index contributed by atoms with van der Waals surface area (Å²) in [5, 5.41) is 4.38. The van der Waals surface area contributed by atoms with E-state index in [0.717, 1.165) is 29.7 Å². The monoisotopic (exact) mass is 262 g/mol. The average molecular weight is 262 g/mol. The van der Waals surface area contributed by atoms with Gasteiger partial charge in [-0.25, -0.2) is 9.97 Å². The van der Waals surface area contributed by atoms with Gasteiger partial charge in [-0.05, 0) is 12.5 Å². The SMILES string of the molecule is CCCNc1ncccc1CSc1nccn1C. The number of hydrogen-bond acceptors (Lipinski definition) is 4. The molecule has 1 N–H and O–H groups in total. The molecule has 0 amide bonds. The third-order valence-corrected chi connectivity index (χ3v) is 3.67. The highest BCUT2D eigenvalue weighted by Crippen LogP contribution is 2.23. The molecule has 18 heavy (non-hydrogen) atoms. The zero-order valence-electron chi connectivity index (χ0n) is 10.8. The lowest BCUT2D eigenvalue weighted by Crippen LogP contribution is -2.04. The normalized spacial score (nSPS) is 10.6. The van der Waals surface area contributed by atoms with E-state index in [0.29, 0.717) is 0 Å². The van der Waals surface area contributed by atoms with Gasteiger partial charge < -0.3 is 9.88 Å². The number of aromatic nitrogens is 3. The van der Waals surface area contributed by atoms with E-state index in [-0.39, 0.29) is 0 Å². The number of nitrogens with one attached hydrogen (secondary N) is 1. The summed E-state index contributed by atoms with van der Waals surface area (Å²) in [6.07, 6.45) is 6.71. The molecule has 2 aromatic heterocycles. The van der Waals surface area contributed by atoms with Gasteiger partial charge in [0.2, 0.25) is 0 Å². The lowest BCUT2D eigenvalue weighted by Gasteiger charge is -2.09. The summed E-state index contributed by atoms with van der Waals surface area (Å²) in [5.41, 5.74) is 1.22. The minimum absolute atomic E-state index is 0.880. The fourth-order valence-electron chi connectivity index (χ4n) is 1.59. The molecule has 0 aromatic carbocycles. The van der Waals surface area contributed by atoms with Crippen molar-refractivity contribution in [2.75, 3.05) is 11.9 Å². The molecule has 0 aliphatic carbocycles. The molecule has 0 atom stereocenters. The van der Waals surface area contributed by atoms with E-state index in [1.54, 1.807) is 11.8 Å². The zero-order chi connectivity index (χ0) is 12.8. The second-order valence-electron chi connectivity index (χ2n) is 4.05. The van der Waals surface area contributed by atoms with Gasteiger partial charge in [0.05, 0.1) is 0 Å². The Kier molecular flexibility index (Phi) is 4.64. The predicted molar refractivity (Wildman–Crippen MR) is 75.8 cm³/mol. The first kappa shape index (κ1) is 13.0. The average Bonchev–Trinajstić information content (AvgIpc) is 2.80. The minimum Gasteiger partial charge on any atom is -0.370 e. The Hall–Kier alpha value is -1.49.